The number of anilines is 1. The number of nitrogens with one attached hydrogen (secondary N) is 2. The number of hydrogen-bond donors (Lipinski definition) is 2. The number of benzene rings is 2. The molecule has 1 atom stereocenters. The predicted molar refractivity (Wildman–Crippen MR) is 95.2 cm³/mol. The smallest absolute Gasteiger partial charge is 0.252 e. The Kier molecular flexibility index (Phi) is 4.95. The number of carbonyl (C=O) groups excluding carboxylic acids is 2. The standard InChI is InChI=1S/C20H18N2O3/c1-14(23)21-17-10-5-9-16(13-17)20(24)22-19(18-11-6-12-25-18)15-7-3-2-4-8-15/h2-13,19H,1H3,(H,21,23)(H,22,24). The number of hydrogen-bond acceptors (Lipinski definition) is 3. The fraction of sp³-hybridized carbons (Fsp3) is 0.100. The molecule has 0 fully saturated rings. The van der Waals surface area contributed by atoms with E-state index in [9.17, 15) is 9.59 Å². The molecule has 2 N–H and O–H groups in total. The van der Waals surface area contributed by atoms with E-state index in [0.29, 0.717) is 17.0 Å². The third-order valence-electron chi connectivity index (χ3n) is 3.68. The lowest BCUT2D eigenvalue weighted by molar-refractivity contribution is -0.114. The van der Waals surface area contributed by atoms with Crippen molar-refractivity contribution < 1.29 is 14.0 Å². The van der Waals surface area contributed by atoms with Gasteiger partial charge in [-0.05, 0) is 35.9 Å². The monoisotopic (exact) mass is 334 g/mol. The normalized spacial score (nSPS) is 11.6. The highest BCUT2D eigenvalue weighted by Crippen LogP contribution is 2.23. The van der Waals surface area contributed by atoms with Crippen LogP contribution in [0.2, 0.25) is 0 Å². The highest BCUT2D eigenvalue weighted by molar-refractivity contribution is 5.97. The molecule has 2 amide bonds. The Hall–Kier alpha value is -3.34. The molecule has 0 aliphatic heterocycles. The highest BCUT2D eigenvalue weighted by Gasteiger charge is 2.20. The molecule has 0 spiro atoms. The molecule has 0 saturated carbocycles. The van der Waals surface area contributed by atoms with Crippen LogP contribution in [-0.2, 0) is 4.79 Å². The summed E-state index contributed by atoms with van der Waals surface area (Å²) in [6, 6.07) is 19.6. The summed E-state index contributed by atoms with van der Waals surface area (Å²) in [5, 5.41) is 5.66. The van der Waals surface area contributed by atoms with E-state index in [1.807, 2.05) is 36.4 Å². The van der Waals surface area contributed by atoms with E-state index in [2.05, 4.69) is 10.6 Å². The summed E-state index contributed by atoms with van der Waals surface area (Å²) in [7, 11) is 0. The summed E-state index contributed by atoms with van der Waals surface area (Å²) in [6.45, 7) is 1.43. The SMILES string of the molecule is CC(=O)Nc1cccc(C(=O)NC(c2ccccc2)c2ccco2)c1. The van der Waals surface area contributed by atoms with E-state index in [1.165, 1.54) is 6.92 Å². The lowest BCUT2D eigenvalue weighted by Gasteiger charge is -2.17. The average Bonchev–Trinajstić information content (AvgIpc) is 3.14. The number of carbonyl (C=O) groups is 2. The molecule has 3 aromatic rings. The van der Waals surface area contributed by atoms with Crippen molar-refractivity contribution in [1.29, 1.82) is 0 Å². The molecule has 0 bridgehead atoms. The van der Waals surface area contributed by atoms with Crippen molar-refractivity contribution in [3.8, 4) is 0 Å². The first-order valence-electron chi connectivity index (χ1n) is 7.90. The lowest BCUT2D eigenvalue weighted by Crippen LogP contribution is -2.29. The molecule has 126 valence electrons. The van der Waals surface area contributed by atoms with Crippen LogP contribution in [0.15, 0.2) is 77.4 Å². The van der Waals surface area contributed by atoms with Crippen LogP contribution in [0.1, 0.15) is 34.6 Å². The van der Waals surface area contributed by atoms with E-state index < -0.39 is 6.04 Å². The summed E-state index contributed by atoms with van der Waals surface area (Å²) < 4.78 is 5.49. The van der Waals surface area contributed by atoms with Crippen molar-refractivity contribution in [2.75, 3.05) is 5.32 Å². The Morgan fingerprint density at radius 1 is 0.960 bits per heavy atom. The van der Waals surface area contributed by atoms with E-state index >= 15 is 0 Å². The molecular weight excluding hydrogens is 316 g/mol. The second kappa shape index (κ2) is 7.49. The zero-order valence-corrected chi connectivity index (χ0v) is 13.7. The maximum Gasteiger partial charge on any atom is 0.252 e. The predicted octanol–water partition coefficient (Wildman–Crippen LogP) is 3.76. The maximum absolute atomic E-state index is 12.7. The molecule has 1 aromatic heterocycles. The van der Waals surface area contributed by atoms with Crippen LogP contribution in [0, 0.1) is 0 Å². The van der Waals surface area contributed by atoms with Gasteiger partial charge in [-0.3, -0.25) is 9.59 Å². The molecule has 1 unspecified atom stereocenters. The van der Waals surface area contributed by atoms with Gasteiger partial charge in [-0.2, -0.15) is 0 Å². The second-order valence-corrected chi connectivity index (χ2v) is 5.59. The number of rotatable bonds is 5. The Morgan fingerprint density at radius 3 is 2.44 bits per heavy atom. The van der Waals surface area contributed by atoms with E-state index in [0.717, 1.165) is 5.56 Å². The number of amides is 2. The minimum absolute atomic E-state index is 0.185. The molecule has 1 heterocycles. The fourth-order valence-electron chi connectivity index (χ4n) is 2.58. The van der Waals surface area contributed by atoms with Gasteiger partial charge in [0.2, 0.25) is 5.91 Å². The van der Waals surface area contributed by atoms with Gasteiger partial charge >= 0.3 is 0 Å². The van der Waals surface area contributed by atoms with Gasteiger partial charge in [0, 0.05) is 18.2 Å². The third kappa shape index (κ3) is 4.14. The van der Waals surface area contributed by atoms with E-state index in [-0.39, 0.29) is 11.8 Å². The molecule has 5 nitrogen and oxygen atoms in total. The van der Waals surface area contributed by atoms with Gasteiger partial charge in [-0.25, -0.2) is 0 Å². The van der Waals surface area contributed by atoms with Crippen molar-refractivity contribution in [3.63, 3.8) is 0 Å². The lowest BCUT2D eigenvalue weighted by atomic mass is 10.0. The molecule has 0 radical (unpaired) electrons. The molecule has 0 saturated heterocycles. The topological polar surface area (TPSA) is 71.3 Å². The van der Waals surface area contributed by atoms with Crippen molar-refractivity contribution >= 4 is 17.5 Å². The third-order valence-corrected chi connectivity index (χ3v) is 3.68. The molecule has 0 aliphatic carbocycles. The molecular formula is C20H18N2O3. The summed E-state index contributed by atoms with van der Waals surface area (Å²) >= 11 is 0. The molecule has 3 rings (SSSR count). The number of furan rings is 1. The summed E-state index contributed by atoms with van der Waals surface area (Å²) in [5.41, 5.74) is 1.96. The Bertz CT molecular complexity index is 858. The minimum atomic E-state index is -0.395. The van der Waals surface area contributed by atoms with Crippen LogP contribution in [0.5, 0.6) is 0 Å². The first-order valence-corrected chi connectivity index (χ1v) is 7.90. The quantitative estimate of drug-likeness (QED) is 0.746. The molecule has 5 heteroatoms. The van der Waals surface area contributed by atoms with Gasteiger partial charge in [0.05, 0.1) is 6.26 Å². The average molecular weight is 334 g/mol. The van der Waals surface area contributed by atoms with Crippen molar-refractivity contribution in [3.05, 3.63) is 89.9 Å². The first kappa shape index (κ1) is 16.5. The zero-order chi connectivity index (χ0) is 17.6. The van der Waals surface area contributed by atoms with Crippen LogP contribution in [0.3, 0.4) is 0 Å². The summed E-state index contributed by atoms with van der Waals surface area (Å²) in [6.07, 6.45) is 1.58. The molecule has 25 heavy (non-hydrogen) atoms. The van der Waals surface area contributed by atoms with Crippen LogP contribution in [0.4, 0.5) is 5.69 Å². The van der Waals surface area contributed by atoms with Crippen molar-refractivity contribution in [2.24, 2.45) is 0 Å². The van der Waals surface area contributed by atoms with Crippen molar-refractivity contribution in [2.45, 2.75) is 13.0 Å². The van der Waals surface area contributed by atoms with Crippen LogP contribution >= 0.6 is 0 Å². The van der Waals surface area contributed by atoms with Gasteiger partial charge in [-0.15, -0.1) is 0 Å². The summed E-state index contributed by atoms with van der Waals surface area (Å²) in [4.78, 5) is 23.9. The Labute approximate surface area is 145 Å². The highest BCUT2D eigenvalue weighted by atomic mass is 16.3. The zero-order valence-electron chi connectivity index (χ0n) is 13.7. The Morgan fingerprint density at radius 2 is 1.76 bits per heavy atom. The maximum atomic E-state index is 12.7. The van der Waals surface area contributed by atoms with Crippen LogP contribution in [-0.4, -0.2) is 11.8 Å². The second-order valence-electron chi connectivity index (χ2n) is 5.59. The fourth-order valence-corrected chi connectivity index (χ4v) is 2.58. The van der Waals surface area contributed by atoms with Gasteiger partial charge < -0.3 is 15.1 Å². The Balaban J connectivity index is 1.85. The van der Waals surface area contributed by atoms with Gasteiger partial charge in [-0.1, -0.05) is 36.4 Å². The first-order chi connectivity index (χ1) is 12.1. The molecule has 0 aliphatic rings. The van der Waals surface area contributed by atoms with E-state index in [1.54, 1.807) is 36.6 Å². The van der Waals surface area contributed by atoms with Crippen LogP contribution in [0.25, 0.3) is 0 Å². The van der Waals surface area contributed by atoms with Crippen molar-refractivity contribution in [1.82, 2.24) is 5.32 Å². The van der Waals surface area contributed by atoms with Gasteiger partial charge in [0.25, 0.3) is 5.91 Å². The van der Waals surface area contributed by atoms with Gasteiger partial charge in [0.15, 0.2) is 0 Å². The molecule has 2 aromatic carbocycles. The van der Waals surface area contributed by atoms with Gasteiger partial charge in [0.1, 0.15) is 11.8 Å². The largest absolute Gasteiger partial charge is 0.467 e. The van der Waals surface area contributed by atoms with Crippen LogP contribution < -0.4 is 10.6 Å². The summed E-state index contributed by atoms with van der Waals surface area (Å²) in [5.74, 6) is 0.213. The minimum Gasteiger partial charge on any atom is -0.467 e. The van der Waals surface area contributed by atoms with E-state index in [4.69, 9.17) is 4.42 Å².